The highest BCUT2D eigenvalue weighted by Crippen LogP contribution is 2.37. The van der Waals surface area contributed by atoms with E-state index in [0.29, 0.717) is 11.5 Å². The Bertz CT molecular complexity index is 1170. The van der Waals surface area contributed by atoms with Crippen LogP contribution in [0.2, 0.25) is 0 Å². The second-order valence-electron chi connectivity index (χ2n) is 9.20. The summed E-state index contributed by atoms with van der Waals surface area (Å²) in [4.78, 5) is 43.6. The van der Waals surface area contributed by atoms with Crippen molar-refractivity contribution in [3.8, 4) is 11.1 Å². The highest BCUT2D eigenvalue weighted by Gasteiger charge is 2.24. The van der Waals surface area contributed by atoms with Crippen LogP contribution in [0.3, 0.4) is 0 Å². The van der Waals surface area contributed by atoms with Crippen molar-refractivity contribution < 1.29 is 19.5 Å². The number of aliphatic carboxylic acids is 1. The van der Waals surface area contributed by atoms with Gasteiger partial charge in [-0.1, -0.05) is 24.3 Å². The summed E-state index contributed by atoms with van der Waals surface area (Å²) in [6, 6.07) is 15.0. The van der Waals surface area contributed by atoms with Gasteiger partial charge in [0.25, 0.3) is 5.91 Å². The van der Waals surface area contributed by atoms with Crippen LogP contribution in [0.5, 0.6) is 0 Å². The van der Waals surface area contributed by atoms with E-state index in [1.54, 1.807) is 24.5 Å². The lowest BCUT2D eigenvalue weighted by atomic mass is 9.77. The Kier molecular flexibility index (Phi) is 8.39. The number of nitrogens with one attached hydrogen (secondary N) is 2. The van der Waals surface area contributed by atoms with E-state index in [4.69, 9.17) is 5.11 Å². The van der Waals surface area contributed by atoms with Gasteiger partial charge in [-0.3, -0.25) is 14.4 Å². The van der Waals surface area contributed by atoms with E-state index < -0.39 is 5.97 Å². The third-order valence-electron chi connectivity index (χ3n) is 6.65. The zero-order chi connectivity index (χ0) is 25.3. The summed E-state index contributed by atoms with van der Waals surface area (Å²) in [5.41, 5.74) is 4.25. The van der Waals surface area contributed by atoms with E-state index >= 15 is 0 Å². The summed E-state index contributed by atoms with van der Waals surface area (Å²) in [5, 5.41) is 14.6. The first-order valence-corrected chi connectivity index (χ1v) is 12.2. The molecule has 3 aromatic rings. The number of hydrogen-bond acceptors (Lipinski definition) is 5. The summed E-state index contributed by atoms with van der Waals surface area (Å²) in [5.74, 6) is -0.407. The number of anilines is 1. The quantitative estimate of drug-likeness (QED) is 0.405. The SMILES string of the molecule is O=C(O)C[C@H]1CC[C@H](c2ccc(NC(=O)CCNC(=O)c3ccc(-c4cncnc4)cc3)cc2)CC1. The smallest absolute Gasteiger partial charge is 0.303 e. The number of hydrogen-bond donors (Lipinski definition) is 3. The number of amides is 2. The topological polar surface area (TPSA) is 121 Å². The van der Waals surface area contributed by atoms with Gasteiger partial charge < -0.3 is 15.7 Å². The zero-order valence-electron chi connectivity index (χ0n) is 20.0. The molecule has 0 atom stereocenters. The Balaban J connectivity index is 1.19. The highest BCUT2D eigenvalue weighted by atomic mass is 16.4. The van der Waals surface area contributed by atoms with E-state index in [-0.39, 0.29) is 37.1 Å². The largest absolute Gasteiger partial charge is 0.481 e. The van der Waals surface area contributed by atoms with Crippen LogP contribution in [0.1, 0.15) is 60.4 Å². The number of aromatic nitrogens is 2. The minimum absolute atomic E-state index is 0.167. The normalized spacial score (nSPS) is 17.2. The molecular formula is C28H30N4O4. The molecule has 1 fully saturated rings. The molecule has 1 heterocycles. The van der Waals surface area contributed by atoms with Crippen LogP contribution in [-0.2, 0) is 9.59 Å². The molecule has 4 rings (SSSR count). The zero-order valence-corrected chi connectivity index (χ0v) is 20.0. The molecule has 2 aromatic carbocycles. The van der Waals surface area contributed by atoms with Crippen molar-refractivity contribution in [3.63, 3.8) is 0 Å². The maximum atomic E-state index is 12.4. The average Bonchev–Trinajstić information content (AvgIpc) is 2.90. The number of nitrogens with zero attached hydrogens (tertiary/aromatic N) is 2. The van der Waals surface area contributed by atoms with E-state index in [1.165, 1.54) is 11.9 Å². The van der Waals surface area contributed by atoms with Gasteiger partial charge >= 0.3 is 5.97 Å². The second-order valence-corrected chi connectivity index (χ2v) is 9.20. The van der Waals surface area contributed by atoms with Gasteiger partial charge in [-0.25, -0.2) is 9.97 Å². The van der Waals surface area contributed by atoms with Crippen molar-refractivity contribution >= 4 is 23.5 Å². The van der Waals surface area contributed by atoms with Gasteiger partial charge in [-0.15, -0.1) is 0 Å². The molecule has 2 amide bonds. The van der Waals surface area contributed by atoms with E-state index in [9.17, 15) is 14.4 Å². The number of carbonyl (C=O) groups excluding carboxylic acids is 2. The fourth-order valence-corrected chi connectivity index (χ4v) is 4.66. The minimum Gasteiger partial charge on any atom is -0.481 e. The van der Waals surface area contributed by atoms with Crippen LogP contribution in [0.15, 0.2) is 67.3 Å². The van der Waals surface area contributed by atoms with Crippen molar-refractivity contribution in [2.24, 2.45) is 5.92 Å². The van der Waals surface area contributed by atoms with Gasteiger partial charge in [-0.2, -0.15) is 0 Å². The maximum absolute atomic E-state index is 12.4. The lowest BCUT2D eigenvalue weighted by molar-refractivity contribution is -0.138. The van der Waals surface area contributed by atoms with Gasteiger partial charge in [0.15, 0.2) is 0 Å². The first-order chi connectivity index (χ1) is 17.5. The van der Waals surface area contributed by atoms with Gasteiger partial charge in [0.05, 0.1) is 0 Å². The number of carboxylic acid groups (broad SMARTS) is 1. The maximum Gasteiger partial charge on any atom is 0.303 e. The molecule has 1 aliphatic rings. The summed E-state index contributed by atoms with van der Waals surface area (Å²) in [7, 11) is 0. The molecule has 0 bridgehead atoms. The summed E-state index contributed by atoms with van der Waals surface area (Å²) in [6.07, 6.45) is 9.18. The minimum atomic E-state index is -0.716. The Morgan fingerprint density at radius 1 is 0.861 bits per heavy atom. The predicted molar refractivity (Wildman–Crippen MR) is 136 cm³/mol. The van der Waals surface area contributed by atoms with Crippen molar-refractivity contribution in [1.29, 1.82) is 0 Å². The Labute approximate surface area is 210 Å². The van der Waals surface area contributed by atoms with Crippen molar-refractivity contribution in [3.05, 3.63) is 78.4 Å². The van der Waals surface area contributed by atoms with Crippen LogP contribution in [-0.4, -0.2) is 39.4 Å². The third-order valence-corrected chi connectivity index (χ3v) is 6.65. The predicted octanol–water partition coefficient (Wildman–Crippen LogP) is 4.65. The molecule has 1 aliphatic carbocycles. The van der Waals surface area contributed by atoms with Gasteiger partial charge in [0.1, 0.15) is 6.33 Å². The fourth-order valence-electron chi connectivity index (χ4n) is 4.66. The molecule has 8 heteroatoms. The van der Waals surface area contributed by atoms with Gasteiger partial charge in [0, 0.05) is 48.6 Å². The Morgan fingerprint density at radius 3 is 2.17 bits per heavy atom. The van der Waals surface area contributed by atoms with Gasteiger partial charge in [0.2, 0.25) is 5.91 Å². The molecule has 1 aromatic heterocycles. The monoisotopic (exact) mass is 486 g/mol. The van der Waals surface area contributed by atoms with E-state index in [2.05, 4.69) is 20.6 Å². The van der Waals surface area contributed by atoms with Gasteiger partial charge in [-0.05, 0) is 72.9 Å². The number of rotatable bonds is 9. The molecule has 0 unspecified atom stereocenters. The number of carboxylic acids is 1. The molecule has 8 nitrogen and oxygen atoms in total. The summed E-state index contributed by atoms with van der Waals surface area (Å²) in [6.45, 7) is 0.233. The molecule has 36 heavy (non-hydrogen) atoms. The van der Waals surface area contributed by atoms with Crippen LogP contribution in [0.4, 0.5) is 5.69 Å². The summed E-state index contributed by atoms with van der Waals surface area (Å²) < 4.78 is 0. The molecule has 0 saturated heterocycles. The van der Waals surface area contributed by atoms with Crippen molar-refractivity contribution in [2.75, 3.05) is 11.9 Å². The summed E-state index contributed by atoms with van der Waals surface area (Å²) >= 11 is 0. The Hall–Kier alpha value is -4.07. The van der Waals surface area contributed by atoms with Crippen LogP contribution >= 0.6 is 0 Å². The number of benzene rings is 2. The van der Waals surface area contributed by atoms with Crippen molar-refractivity contribution in [1.82, 2.24) is 15.3 Å². The first-order valence-electron chi connectivity index (χ1n) is 12.2. The average molecular weight is 487 g/mol. The van der Waals surface area contributed by atoms with Crippen molar-refractivity contribution in [2.45, 2.75) is 44.4 Å². The van der Waals surface area contributed by atoms with E-state index in [1.807, 2.05) is 36.4 Å². The lowest BCUT2D eigenvalue weighted by Crippen LogP contribution is -2.27. The molecule has 0 aliphatic heterocycles. The lowest BCUT2D eigenvalue weighted by Gasteiger charge is -2.28. The third kappa shape index (κ3) is 6.97. The molecule has 1 saturated carbocycles. The standard InChI is InChI=1S/C28H30N4O4/c33-26(13-14-31-28(36)23-7-5-22(6-8-23)24-16-29-18-30-17-24)32-25-11-9-21(10-12-25)20-3-1-19(2-4-20)15-27(34)35/h5-12,16-20H,1-4,13-15H2,(H,31,36)(H,32,33)(H,34,35)/t19-,20-. The first kappa shape index (κ1) is 25.0. The molecule has 0 radical (unpaired) electrons. The van der Waals surface area contributed by atoms with Crippen LogP contribution < -0.4 is 10.6 Å². The van der Waals surface area contributed by atoms with Crippen LogP contribution in [0.25, 0.3) is 11.1 Å². The highest BCUT2D eigenvalue weighted by molar-refractivity contribution is 5.95. The molecule has 0 spiro atoms. The van der Waals surface area contributed by atoms with E-state index in [0.717, 1.165) is 42.5 Å². The molecule has 186 valence electrons. The second kappa shape index (κ2) is 12.1. The van der Waals surface area contributed by atoms with Crippen LogP contribution in [0, 0.1) is 5.92 Å². The molecular weight excluding hydrogens is 456 g/mol. The Morgan fingerprint density at radius 2 is 1.53 bits per heavy atom. The number of carbonyl (C=O) groups is 3. The molecule has 3 N–H and O–H groups in total. The fraction of sp³-hybridized carbons (Fsp3) is 0.321.